The van der Waals surface area contributed by atoms with Crippen LogP contribution in [0.4, 0.5) is 10.5 Å². The zero-order valence-corrected chi connectivity index (χ0v) is 11.9. The second kappa shape index (κ2) is 4.76. The van der Waals surface area contributed by atoms with Crippen LogP contribution in [0.3, 0.4) is 0 Å². The van der Waals surface area contributed by atoms with Gasteiger partial charge in [-0.15, -0.1) is 0 Å². The van der Waals surface area contributed by atoms with E-state index < -0.39 is 0 Å². The Morgan fingerprint density at radius 3 is 2.57 bits per heavy atom. The average molecular weight is 285 g/mol. The van der Waals surface area contributed by atoms with Crippen LogP contribution in [0.1, 0.15) is 19.3 Å². The molecule has 0 aliphatic carbocycles. The fourth-order valence-electron chi connectivity index (χ4n) is 3.81. The third kappa shape index (κ3) is 1.91. The highest BCUT2D eigenvalue weighted by Crippen LogP contribution is 2.32. The van der Waals surface area contributed by atoms with Crippen molar-refractivity contribution in [1.82, 2.24) is 9.80 Å². The predicted octanol–water partition coefficient (Wildman–Crippen LogP) is 1.69. The molecule has 3 fully saturated rings. The Morgan fingerprint density at radius 1 is 1.00 bits per heavy atom. The molecule has 0 saturated carbocycles. The van der Waals surface area contributed by atoms with Crippen molar-refractivity contribution in [1.29, 1.82) is 0 Å². The lowest BCUT2D eigenvalue weighted by atomic mass is 10.2. The normalized spacial score (nSPS) is 28.7. The van der Waals surface area contributed by atoms with Crippen molar-refractivity contribution in [2.45, 2.75) is 31.3 Å². The maximum Gasteiger partial charge on any atom is 0.327 e. The fourth-order valence-corrected chi connectivity index (χ4v) is 3.81. The molecule has 1 aromatic carbocycles. The third-order valence-electron chi connectivity index (χ3n) is 4.88. The van der Waals surface area contributed by atoms with Crippen molar-refractivity contribution >= 4 is 17.6 Å². The summed E-state index contributed by atoms with van der Waals surface area (Å²) in [6, 6.07) is 9.97. The summed E-state index contributed by atoms with van der Waals surface area (Å²) < 4.78 is 0. The molecule has 3 aliphatic heterocycles. The van der Waals surface area contributed by atoms with Crippen LogP contribution in [0.15, 0.2) is 30.3 Å². The maximum absolute atomic E-state index is 12.5. The van der Waals surface area contributed by atoms with Crippen LogP contribution in [0, 0.1) is 0 Å². The molecule has 21 heavy (non-hydrogen) atoms. The number of benzene rings is 1. The number of rotatable bonds is 2. The van der Waals surface area contributed by atoms with Crippen molar-refractivity contribution in [2.75, 3.05) is 24.5 Å². The number of hydrogen-bond donors (Lipinski definition) is 0. The fraction of sp³-hybridized carbons (Fsp3) is 0.500. The van der Waals surface area contributed by atoms with Crippen LogP contribution in [0.5, 0.6) is 0 Å². The van der Waals surface area contributed by atoms with Gasteiger partial charge >= 0.3 is 6.03 Å². The summed E-state index contributed by atoms with van der Waals surface area (Å²) in [4.78, 5) is 30.5. The molecule has 3 heterocycles. The largest absolute Gasteiger partial charge is 0.369 e. The molecule has 0 bridgehead atoms. The molecular formula is C16H19N3O2. The molecule has 5 heteroatoms. The highest BCUT2D eigenvalue weighted by Gasteiger charge is 2.50. The molecular weight excluding hydrogens is 266 g/mol. The van der Waals surface area contributed by atoms with Gasteiger partial charge in [0, 0.05) is 25.3 Å². The number of carbonyl (C=O) groups is 2. The van der Waals surface area contributed by atoms with Gasteiger partial charge in [0.05, 0.1) is 6.04 Å². The van der Waals surface area contributed by atoms with Gasteiger partial charge in [-0.1, -0.05) is 18.2 Å². The summed E-state index contributed by atoms with van der Waals surface area (Å²) in [6.07, 6.45) is 2.65. The molecule has 0 aromatic heterocycles. The monoisotopic (exact) mass is 285 g/mol. The summed E-state index contributed by atoms with van der Waals surface area (Å²) in [6.45, 7) is 2.39. The van der Waals surface area contributed by atoms with Gasteiger partial charge in [0.25, 0.3) is 5.91 Å². The standard InChI is InChI=1S/C16H19N3O2/c20-15-14-7-4-9-18(14)16(21)19(15)13-8-10-17(11-13)12-5-2-1-3-6-12/h1-3,5-6,13-14H,4,7-11H2/t13?,14-/m0/s1. The van der Waals surface area contributed by atoms with E-state index >= 15 is 0 Å². The third-order valence-corrected chi connectivity index (χ3v) is 4.88. The number of nitrogens with zero attached hydrogens (tertiary/aromatic N) is 3. The van der Waals surface area contributed by atoms with E-state index in [1.807, 2.05) is 18.2 Å². The van der Waals surface area contributed by atoms with Gasteiger partial charge < -0.3 is 9.80 Å². The molecule has 3 saturated heterocycles. The van der Waals surface area contributed by atoms with Crippen LogP contribution in [-0.2, 0) is 4.79 Å². The molecule has 3 amide bonds. The van der Waals surface area contributed by atoms with Gasteiger partial charge in [-0.2, -0.15) is 0 Å². The molecule has 4 rings (SSSR count). The molecule has 1 unspecified atom stereocenters. The number of urea groups is 1. The van der Waals surface area contributed by atoms with E-state index in [9.17, 15) is 9.59 Å². The Morgan fingerprint density at radius 2 is 1.81 bits per heavy atom. The minimum Gasteiger partial charge on any atom is -0.369 e. The number of hydrogen-bond acceptors (Lipinski definition) is 3. The molecule has 0 radical (unpaired) electrons. The first kappa shape index (κ1) is 12.7. The lowest BCUT2D eigenvalue weighted by molar-refractivity contribution is -0.129. The van der Waals surface area contributed by atoms with Crippen molar-refractivity contribution < 1.29 is 9.59 Å². The van der Waals surface area contributed by atoms with E-state index in [-0.39, 0.29) is 24.0 Å². The van der Waals surface area contributed by atoms with E-state index in [4.69, 9.17) is 0 Å². The summed E-state index contributed by atoms with van der Waals surface area (Å²) in [5.41, 5.74) is 1.17. The van der Waals surface area contributed by atoms with E-state index in [1.54, 1.807) is 4.90 Å². The van der Waals surface area contributed by atoms with Crippen LogP contribution < -0.4 is 4.90 Å². The van der Waals surface area contributed by atoms with Gasteiger partial charge in [0.2, 0.25) is 0 Å². The Balaban J connectivity index is 1.51. The Hall–Kier alpha value is -2.04. The number of para-hydroxylation sites is 1. The number of imide groups is 1. The quantitative estimate of drug-likeness (QED) is 0.777. The molecule has 110 valence electrons. The second-order valence-corrected chi connectivity index (χ2v) is 6.07. The van der Waals surface area contributed by atoms with Gasteiger partial charge in [-0.3, -0.25) is 9.69 Å². The SMILES string of the molecule is O=C1[C@@H]2CCCN2C(=O)N1C1CCN(c2ccccc2)C1. The zero-order valence-electron chi connectivity index (χ0n) is 11.9. The molecule has 5 nitrogen and oxygen atoms in total. The smallest absolute Gasteiger partial charge is 0.327 e. The van der Waals surface area contributed by atoms with Gasteiger partial charge in [-0.05, 0) is 31.4 Å². The molecule has 2 atom stereocenters. The first-order valence-corrected chi connectivity index (χ1v) is 7.69. The zero-order chi connectivity index (χ0) is 14.4. The van der Waals surface area contributed by atoms with Crippen LogP contribution in [-0.4, -0.2) is 53.5 Å². The van der Waals surface area contributed by atoms with E-state index in [0.29, 0.717) is 0 Å². The number of fused-ring (bicyclic) bond motifs is 1. The average Bonchev–Trinajstić information content (AvgIpc) is 3.20. The summed E-state index contributed by atoms with van der Waals surface area (Å²) in [5, 5.41) is 0. The Kier molecular flexibility index (Phi) is 2.87. The molecule has 1 aromatic rings. The number of amides is 3. The van der Waals surface area contributed by atoms with Crippen LogP contribution in [0.2, 0.25) is 0 Å². The van der Waals surface area contributed by atoms with Gasteiger partial charge in [-0.25, -0.2) is 4.79 Å². The van der Waals surface area contributed by atoms with Gasteiger partial charge in [0.15, 0.2) is 0 Å². The van der Waals surface area contributed by atoms with Crippen LogP contribution >= 0.6 is 0 Å². The highest BCUT2D eigenvalue weighted by atomic mass is 16.2. The lowest BCUT2D eigenvalue weighted by Crippen LogP contribution is -2.43. The van der Waals surface area contributed by atoms with Crippen molar-refractivity contribution in [3.63, 3.8) is 0 Å². The van der Waals surface area contributed by atoms with E-state index in [2.05, 4.69) is 17.0 Å². The molecule has 3 aliphatic rings. The van der Waals surface area contributed by atoms with E-state index in [0.717, 1.165) is 38.9 Å². The minimum atomic E-state index is -0.178. The first-order chi connectivity index (χ1) is 10.3. The minimum absolute atomic E-state index is 0.0239. The first-order valence-electron chi connectivity index (χ1n) is 7.69. The predicted molar refractivity (Wildman–Crippen MR) is 79.0 cm³/mol. The maximum atomic E-state index is 12.5. The summed E-state index contributed by atoms with van der Waals surface area (Å²) in [7, 11) is 0. The van der Waals surface area contributed by atoms with Crippen molar-refractivity contribution in [2.24, 2.45) is 0 Å². The molecule has 0 spiro atoms. The Labute approximate surface area is 124 Å². The summed E-state index contributed by atoms with van der Waals surface area (Å²) in [5.74, 6) is 0.0254. The lowest BCUT2D eigenvalue weighted by Gasteiger charge is -2.23. The Bertz CT molecular complexity index is 552. The van der Waals surface area contributed by atoms with Crippen LogP contribution in [0.25, 0.3) is 0 Å². The topological polar surface area (TPSA) is 43.9 Å². The highest BCUT2D eigenvalue weighted by molar-refractivity contribution is 6.05. The number of anilines is 1. The van der Waals surface area contributed by atoms with E-state index in [1.165, 1.54) is 10.6 Å². The molecule has 0 N–H and O–H groups in total. The number of carbonyl (C=O) groups excluding carboxylic acids is 2. The second-order valence-electron chi connectivity index (χ2n) is 6.07. The van der Waals surface area contributed by atoms with Crippen molar-refractivity contribution in [3.8, 4) is 0 Å². The summed E-state index contributed by atoms with van der Waals surface area (Å²) >= 11 is 0. The van der Waals surface area contributed by atoms with Gasteiger partial charge in [0.1, 0.15) is 6.04 Å². The van der Waals surface area contributed by atoms with Crippen molar-refractivity contribution in [3.05, 3.63) is 30.3 Å².